The molecule has 3 rings (SSSR count). The van der Waals surface area contributed by atoms with Crippen LogP contribution >= 0.6 is 24.0 Å². The third-order valence-corrected chi connectivity index (χ3v) is 5.97. The minimum Gasteiger partial charge on any atom is -0.381 e. The van der Waals surface area contributed by atoms with Gasteiger partial charge in [0.15, 0.2) is 5.96 Å². The lowest BCUT2D eigenvalue weighted by atomic mass is 9.99. The standard InChI is InChI=1S/C22H35N5O3.HI/c1-18-7-12-26(13-8-18)11-2-10-23-22(25-16-20-9-14-30-17-20)24-15-19-3-5-21(6-4-19)27(28)29;/h3-6,18,20H,2,7-17H2,1H3,(H2,23,24,25);1H. The number of nitro benzene ring substituents is 1. The number of likely N-dealkylation sites (tertiary alicyclic amines) is 1. The summed E-state index contributed by atoms with van der Waals surface area (Å²) in [5.74, 6) is 2.18. The Labute approximate surface area is 202 Å². The van der Waals surface area contributed by atoms with Crippen molar-refractivity contribution in [1.29, 1.82) is 0 Å². The summed E-state index contributed by atoms with van der Waals surface area (Å²) in [7, 11) is 0. The summed E-state index contributed by atoms with van der Waals surface area (Å²) in [6, 6.07) is 6.59. The van der Waals surface area contributed by atoms with E-state index < -0.39 is 0 Å². The second-order valence-electron chi connectivity index (χ2n) is 8.50. The van der Waals surface area contributed by atoms with Crippen molar-refractivity contribution in [3.8, 4) is 0 Å². The molecule has 2 fully saturated rings. The van der Waals surface area contributed by atoms with Gasteiger partial charge in [-0.05, 0) is 56.8 Å². The maximum absolute atomic E-state index is 10.8. The number of hydrogen-bond donors (Lipinski definition) is 2. The summed E-state index contributed by atoms with van der Waals surface area (Å²) in [5.41, 5.74) is 1.06. The number of non-ortho nitro benzene ring substituents is 1. The van der Waals surface area contributed by atoms with Gasteiger partial charge in [0.25, 0.3) is 5.69 Å². The maximum atomic E-state index is 10.8. The highest BCUT2D eigenvalue weighted by Gasteiger charge is 2.16. The molecule has 2 saturated heterocycles. The summed E-state index contributed by atoms with van der Waals surface area (Å²) in [5, 5.41) is 17.7. The molecule has 0 saturated carbocycles. The van der Waals surface area contributed by atoms with Crippen molar-refractivity contribution in [2.75, 3.05) is 45.9 Å². The van der Waals surface area contributed by atoms with Gasteiger partial charge in [-0.15, -0.1) is 24.0 Å². The van der Waals surface area contributed by atoms with Crippen molar-refractivity contribution in [2.24, 2.45) is 16.8 Å². The highest BCUT2D eigenvalue weighted by molar-refractivity contribution is 14.0. The van der Waals surface area contributed by atoms with Crippen molar-refractivity contribution in [1.82, 2.24) is 15.5 Å². The number of hydrogen-bond acceptors (Lipinski definition) is 5. The van der Waals surface area contributed by atoms with Gasteiger partial charge in [-0.1, -0.05) is 19.1 Å². The fourth-order valence-electron chi connectivity index (χ4n) is 3.85. The molecule has 1 aromatic rings. The second-order valence-corrected chi connectivity index (χ2v) is 8.50. The molecule has 0 amide bonds. The van der Waals surface area contributed by atoms with Crippen LogP contribution in [0.3, 0.4) is 0 Å². The highest BCUT2D eigenvalue weighted by atomic mass is 127. The average Bonchev–Trinajstić information content (AvgIpc) is 3.27. The Kier molecular flexibility index (Phi) is 11.5. The monoisotopic (exact) mass is 545 g/mol. The van der Waals surface area contributed by atoms with Crippen molar-refractivity contribution in [2.45, 2.75) is 39.2 Å². The zero-order chi connectivity index (χ0) is 21.2. The van der Waals surface area contributed by atoms with E-state index in [-0.39, 0.29) is 34.6 Å². The van der Waals surface area contributed by atoms with E-state index in [1.165, 1.54) is 38.1 Å². The van der Waals surface area contributed by atoms with E-state index in [2.05, 4.69) is 22.5 Å². The Morgan fingerprint density at radius 1 is 1.23 bits per heavy atom. The molecule has 2 aliphatic heterocycles. The van der Waals surface area contributed by atoms with Gasteiger partial charge < -0.3 is 20.3 Å². The number of piperidine rings is 1. The number of nitro groups is 1. The SMILES string of the molecule is CC1CCN(CCCNC(=NCc2ccc([N+](=O)[O-])cc2)NCC2CCOC2)CC1.I. The van der Waals surface area contributed by atoms with Gasteiger partial charge in [0.1, 0.15) is 0 Å². The van der Waals surface area contributed by atoms with Crippen molar-refractivity contribution in [3.63, 3.8) is 0 Å². The van der Waals surface area contributed by atoms with Crippen LogP contribution < -0.4 is 10.6 Å². The third-order valence-electron chi connectivity index (χ3n) is 5.97. The Balaban J connectivity index is 0.00000341. The Morgan fingerprint density at radius 2 is 1.97 bits per heavy atom. The van der Waals surface area contributed by atoms with E-state index in [9.17, 15) is 10.1 Å². The molecule has 174 valence electrons. The van der Waals surface area contributed by atoms with E-state index in [1.807, 2.05) is 0 Å². The van der Waals surface area contributed by atoms with Crippen LogP contribution in [0.1, 0.15) is 38.2 Å². The van der Waals surface area contributed by atoms with E-state index in [4.69, 9.17) is 9.73 Å². The van der Waals surface area contributed by atoms with Gasteiger partial charge in [-0.2, -0.15) is 0 Å². The smallest absolute Gasteiger partial charge is 0.269 e. The van der Waals surface area contributed by atoms with E-state index in [0.29, 0.717) is 12.5 Å². The molecule has 0 bridgehead atoms. The summed E-state index contributed by atoms with van der Waals surface area (Å²) in [4.78, 5) is 17.7. The topological polar surface area (TPSA) is 92.0 Å². The van der Waals surface area contributed by atoms with E-state index >= 15 is 0 Å². The van der Waals surface area contributed by atoms with Crippen LogP contribution in [0.25, 0.3) is 0 Å². The largest absolute Gasteiger partial charge is 0.381 e. The van der Waals surface area contributed by atoms with Crippen LogP contribution in [0, 0.1) is 22.0 Å². The Morgan fingerprint density at radius 3 is 2.61 bits per heavy atom. The number of halogens is 1. The second kappa shape index (κ2) is 13.8. The molecule has 2 N–H and O–H groups in total. The summed E-state index contributed by atoms with van der Waals surface area (Å²) in [6.07, 6.45) is 4.77. The van der Waals surface area contributed by atoms with E-state index in [0.717, 1.165) is 63.1 Å². The molecule has 9 heteroatoms. The minimum absolute atomic E-state index is 0. The fraction of sp³-hybridized carbons (Fsp3) is 0.682. The molecule has 2 aliphatic rings. The summed E-state index contributed by atoms with van der Waals surface area (Å²) >= 11 is 0. The molecule has 0 aliphatic carbocycles. The molecule has 0 spiro atoms. The third kappa shape index (κ3) is 9.28. The van der Waals surface area contributed by atoms with Crippen molar-refractivity contribution in [3.05, 3.63) is 39.9 Å². The molecular weight excluding hydrogens is 509 g/mol. The number of benzene rings is 1. The van der Waals surface area contributed by atoms with Gasteiger partial charge in [0, 0.05) is 37.7 Å². The number of aliphatic imine (C=N–C) groups is 1. The number of nitrogens with one attached hydrogen (secondary N) is 2. The van der Waals surface area contributed by atoms with Gasteiger partial charge in [0.2, 0.25) is 0 Å². The first kappa shape index (κ1) is 25.8. The Bertz CT molecular complexity index is 687. The minimum atomic E-state index is -0.381. The first-order valence-corrected chi connectivity index (χ1v) is 11.2. The zero-order valence-corrected chi connectivity index (χ0v) is 20.8. The molecule has 1 atom stereocenters. The van der Waals surface area contributed by atoms with Crippen molar-refractivity contribution >= 4 is 35.6 Å². The quantitative estimate of drug-likeness (QED) is 0.124. The van der Waals surface area contributed by atoms with Gasteiger partial charge >= 0.3 is 0 Å². The van der Waals surface area contributed by atoms with Crippen LogP contribution in [-0.2, 0) is 11.3 Å². The lowest BCUT2D eigenvalue weighted by Gasteiger charge is -2.30. The first-order chi connectivity index (χ1) is 14.6. The molecule has 2 heterocycles. The van der Waals surface area contributed by atoms with Gasteiger partial charge in [0.05, 0.1) is 18.1 Å². The van der Waals surface area contributed by atoms with Crippen LogP contribution in [0.2, 0.25) is 0 Å². The Hall–Kier alpha value is -1.46. The fourth-order valence-corrected chi connectivity index (χ4v) is 3.85. The van der Waals surface area contributed by atoms with Crippen LogP contribution in [-0.4, -0.2) is 61.7 Å². The normalized spacial score (nSPS) is 20.3. The average molecular weight is 545 g/mol. The van der Waals surface area contributed by atoms with Crippen LogP contribution in [0.15, 0.2) is 29.3 Å². The van der Waals surface area contributed by atoms with Gasteiger partial charge in [-0.3, -0.25) is 10.1 Å². The maximum Gasteiger partial charge on any atom is 0.269 e. The highest BCUT2D eigenvalue weighted by Crippen LogP contribution is 2.16. The molecule has 0 radical (unpaired) electrons. The number of ether oxygens (including phenoxy) is 1. The number of rotatable bonds is 9. The molecule has 31 heavy (non-hydrogen) atoms. The predicted octanol–water partition coefficient (Wildman–Crippen LogP) is 3.41. The summed E-state index contributed by atoms with van der Waals surface area (Å²) in [6.45, 7) is 9.72. The molecule has 8 nitrogen and oxygen atoms in total. The van der Waals surface area contributed by atoms with Crippen LogP contribution in [0.5, 0.6) is 0 Å². The molecule has 1 unspecified atom stereocenters. The number of nitrogens with zero attached hydrogens (tertiary/aromatic N) is 3. The lowest BCUT2D eigenvalue weighted by molar-refractivity contribution is -0.384. The van der Waals surface area contributed by atoms with Gasteiger partial charge in [-0.25, -0.2) is 4.99 Å². The molecule has 1 aromatic carbocycles. The lowest BCUT2D eigenvalue weighted by Crippen LogP contribution is -2.41. The van der Waals surface area contributed by atoms with Crippen LogP contribution in [0.4, 0.5) is 5.69 Å². The van der Waals surface area contributed by atoms with Crippen molar-refractivity contribution < 1.29 is 9.66 Å². The molecular formula is C22H36IN5O3. The number of guanidine groups is 1. The first-order valence-electron chi connectivity index (χ1n) is 11.2. The predicted molar refractivity (Wildman–Crippen MR) is 134 cm³/mol. The summed E-state index contributed by atoms with van der Waals surface area (Å²) < 4.78 is 5.46. The zero-order valence-electron chi connectivity index (χ0n) is 18.4. The van der Waals surface area contributed by atoms with E-state index in [1.54, 1.807) is 12.1 Å². The molecule has 0 aromatic heterocycles.